The lowest BCUT2D eigenvalue weighted by atomic mass is 10.2. The van der Waals surface area contributed by atoms with E-state index in [-0.39, 0.29) is 0 Å². The van der Waals surface area contributed by atoms with Crippen LogP contribution in [0.2, 0.25) is 0 Å². The maximum atomic E-state index is 4.54. The van der Waals surface area contributed by atoms with E-state index in [1.165, 1.54) is 20.6 Å². The summed E-state index contributed by atoms with van der Waals surface area (Å²) in [5.41, 5.74) is 8.69. The van der Waals surface area contributed by atoms with Crippen LogP contribution in [0.5, 0.6) is 0 Å². The van der Waals surface area contributed by atoms with Gasteiger partial charge in [0.15, 0.2) is 0 Å². The van der Waals surface area contributed by atoms with E-state index < -0.39 is 0 Å². The first kappa shape index (κ1) is 17.2. The van der Waals surface area contributed by atoms with E-state index in [1.54, 1.807) is 11.3 Å². The molecule has 0 aliphatic rings. The highest BCUT2D eigenvalue weighted by Gasteiger charge is 2.11. The molecule has 0 bridgehead atoms. The topological polar surface area (TPSA) is 42.2 Å². The van der Waals surface area contributed by atoms with Crippen molar-refractivity contribution in [2.75, 3.05) is 5.43 Å². The molecule has 0 unspecified atom stereocenters. The van der Waals surface area contributed by atoms with Gasteiger partial charge in [-0.15, -0.1) is 0 Å². The monoisotopic (exact) mass is 472 g/mol. The van der Waals surface area contributed by atoms with Crippen LogP contribution in [0.15, 0.2) is 59.7 Å². The first-order chi connectivity index (χ1) is 12.6. The van der Waals surface area contributed by atoms with Crippen molar-refractivity contribution >= 4 is 55.5 Å². The Morgan fingerprint density at radius 2 is 1.88 bits per heavy atom. The number of hydrogen-bond acceptors (Lipinski definition) is 4. The van der Waals surface area contributed by atoms with Crippen molar-refractivity contribution in [2.24, 2.45) is 5.10 Å². The molecule has 2 aromatic carbocycles. The van der Waals surface area contributed by atoms with Gasteiger partial charge in [-0.3, -0.25) is 5.43 Å². The highest BCUT2D eigenvalue weighted by molar-refractivity contribution is 14.1. The molecular formula is C20H17IN4S. The molecule has 26 heavy (non-hydrogen) atoms. The fraction of sp³-hybridized carbons (Fsp3) is 0.100. The van der Waals surface area contributed by atoms with E-state index >= 15 is 0 Å². The number of rotatable bonds is 4. The summed E-state index contributed by atoms with van der Waals surface area (Å²) < 4.78 is 4.64. The molecule has 4 rings (SSSR count). The van der Waals surface area contributed by atoms with Gasteiger partial charge in [0.25, 0.3) is 0 Å². The van der Waals surface area contributed by atoms with Crippen LogP contribution in [0.3, 0.4) is 0 Å². The molecule has 0 spiro atoms. The summed E-state index contributed by atoms with van der Waals surface area (Å²) in [5.74, 6) is 0. The Morgan fingerprint density at radius 1 is 1.12 bits per heavy atom. The molecule has 130 valence electrons. The number of anilines is 1. The quantitative estimate of drug-likeness (QED) is 0.233. The summed E-state index contributed by atoms with van der Waals surface area (Å²) in [4.78, 5) is 4.54. The van der Waals surface area contributed by atoms with Crippen LogP contribution in [0.25, 0.3) is 15.9 Å². The summed E-state index contributed by atoms with van der Waals surface area (Å²) in [6.45, 7) is 4.24. The maximum Gasteiger partial charge on any atom is 0.204 e. The molecule has 4 nitrogen and oxygen atoms in total. The van der Waals surface area contributed by atoms with Crippen LogP contribution in [0.4, 0.5) is 5.13 Å². The third-order valence-corrected chi connectivity index (χ3v) is 6.07. The van der Waals surface area contributed by atoms with Crippen LogP contribution in [0, 0.1) is 17.4 Å². The largest absolute Gasteiger partial charge is 0.317 e. The van der Waals surface area contributed by atoms with Crippen LogP contribution in [-0.4, -0.2) is 15.8 Å². The predicted molar refractivity (Wildman–Crippen MR) is 119 cm³/mol. The van der Waals surface area contributed by atoms with E-state index in [0.717, 1.165) is 20.9 Å². The molecule has 0 saturated carbocycles. The average Bonchev–Trinajstić information content (AvgIpc) is 3.16. The molecule has 6 heteroatoms. The normalized spacial score (nSPS) is 11.5. The van der Waals surface area contributed by atoms with Crippen molar-refractivity contribution < 1.29 is 0 Å². The zero-order chi connectivity index (χ0) is 18.1. The Kier molecular flexibility index (Phi) is 4.78. The van der Waals surface area contributed by atoms with Gasteiger partial charge in [0.05, 0.1) is 22.1 Å². The van der Waals surface area contributed by atoms with Crippen molar-refractivity contribution in [2.45, 2.75) is 13.8 Å². The minimum atomic E-state index is 0.800. The van der Waals surface area contributed by atoms with Gasteiger partial charge < -0.3 is 4.57 Å². The van der Waals surface area contributed by atoms with Crippen molar-refractivity contribution in [3.05, 3.63) is 75.1 Å². The van der Waals surface area contributed by atoms with Crippen molar-refractivity contribution in [1.29, 1.82) is 0 Å². The molecule has 0 aliphatic heterocycles. The molecule has 0 radical (unpaired) electrons. The van der Waals surface area contributed by atoms with E-state index in [9.17, 15) is 0 Å². The maximum absolute atomic E-state index is 4.54. The number of halogens is 1. The smallest absolute Gasteiger partial charge is 0.204 e. The molecule has 4 aromatic rings. The number of hydrazone groups is 1. The standard InChI is InChI=1S/C20H17IN4S/c1-13-11-15(14(2)25(13)18-9-5-3-7-16(18)21)12-22-24-20-23-17-8-4-6-10-19(17)26-20/h3-12H,1-2H3,(H,23,24)/b22-12-. The van der Waals surface area contributed by atoms with E-state index in [4.69, 9.17) is 0 Å². The molecule has 2 aromatic heterocycles. The Balaban J connectivity index is 1.60. The van der Waals surface area contributed by atoms with Gasteiger partial charge in [0, 0.05) is 20.5 Å². The summed E-state index contributed by atoms with van der Waals surface area (Å²) in [7, 11) is 0. The highest BCUT2D eigenvalue weighted by Crippen LogP contribution is 2.26. The number of nitrogens with zero attached hydrogens (tertiary/aromatic N) is 3. The van der Waals surface area contributed by atoms with Crippen LogP contribution >= 0.6 is 33.9 Å². The molecule has 0 fully saturated rings. The highest BCUT2D eigenvalue weighted by atomic mass is 127. The number of fused-ring (bicyclic) bond motifs is 1. The average molecular weight is 472 g/mol. The molecule has 2 heterocycles. The minimum absolute atomic E-state index is 0.800. The predicted octanol–water partition coefficient (Wildman–Crippen LogP) is 5.75. The van der Waals surface area contributed by atoms with Crippen LogP contribution < -0.4 is 5.43 Å². The lowest BCUT2D eigenvalue weighted by Gasteiger charge is -2.11. The number of thiazole rings is 1. The van der Waals surface area contributed by atoms with Gasteiger partial charge in [-0.2, -0.15) is 5.10 Å². The molecule has 1 N–H and O–H groups in total. The molecule has 0 aliphatic carbocycles. The third kappa shape index (κ3) is 3.26. The number of hydrogen-bond donors (Lipinski definition) is 1. The summed E-state index contributed by atoms with van der Waals surface area (Å²) in [6, 6.07) is 18.6. The first-order valence-corrected chi connectivity index (χ1v) is 10.1. The molecule has 0 atom stereocenters. The number of aromatic nitrogens is 2. The summed E-state index contributed by atoms with van der Waals surface area (Å²) in [5, 5.41) is 5.20. The second-order valence-corrected chi connectivity index (χ2v) is 8.16. The second kappa shape index (κ2) is 7.20. The zero-order valence-corrected chi connectivity index (χ0v) is 17.4. The van der Waals surface area contributed by atoms with Gasteiger partial charge in [-0.1, -0.05) is 35.6 Å². The second-order valence-electron chi connectivity index (χ2n) is 5.97. The Labute approximate surface area is 169 Å². The van der Waals surface area contributed by atoms with Gasteiger partial charge >= 0.3 is 0 Å². The Morgan fingerprint density at radius 3 is 2.69 bits per heavy atom. The molecule has 0 saturated heterocycles. The fourth-order valence-electron chi connectivity index (χ4n) is 3.00. The lowest BCUT2D eigenvalue weighted by Crippen LogP contribution is -2.01. The van der Waals surface area contributed by atoms with Gasteiger partial charge in [-0.05, 0) is 66.8 Å². The van der Waals surface area contributed by atoms with E-state index in [2.05, 4.69) is 92.9 Å². The molecule has 0 amide bonds. The van der Waals surface area contributed by atoms with Crippen molar-refractivity contribution in [3.8, 4) is 5.69 Å². The number of nitrogens with one attached hydrogen (secondary N) is 1. The first-order valence-electron chi connectivity index (χ1n) is 8.22. The SMILES string of the molecule is Cc1cc(/C=N\Nc2nc3ccccc3s2)c(C)n1-c1ccccc1I. The summed E-state index contributed by atoms with van der Waals surface area (Å²) >= 11 is 3.98. The lowest BCUT2D eigenvalue weighted by molar-refractivity contribution is 0.959. The Bertz CT molecular complexity index is 1080. The number of aryl methyl sites for hydroxylation is 1. The summed E-state index contributed by atoms with van der Waals surface area (Å²) in [6.07, 6.45) is 1.86. The Hall–Kier alpha value is -2.19. The van der Waals surface area contributed by atoms with E-state index in [1.807, 2.05) is 24.4 Å². The molecular weight excluding hydrogens is 455 g/mol. The van der Waals surface area contributed by atoms with Crippen molar-refractivity contribution in [3.63, 3.8) is 0 Å². The number of para-hydroxylation sites is 2. The van der Waals surface area contributed by atoms with Crippen LogP contribution in [0.1, 0.15) is 17.0 Å². The van der Waals surface area contributed by atoms with Crippen molar-refractivity contribution in [1.82, 2.24) is 9.55 Å². The van der Waals surface area contributed by atoms with Gasteiger partial charge in [0.2, 0.25) is 5.13 Å². The fourth-order valence-corrected chi connectivity index (χ4v) is 4.44. The van der Waals surface area contributed by atoms with E-state index in [0.29, 0.717) is 0 Å². The number of benzene rings is 2. The third-order valence-electron chi connectivity index (χ3n) is 4.22. The minimum Gasteiger partial charge on any atom is -0.317 e. The zero-order valence-electron chi connectivity index (χ0n) is 14.4. The van der Waals surface area contributed by atoms with Gasteiger partial charge in [0.1, 0.15) is 0 Å². The van der Waals surface area contributed by atoms with Gasteiger partial charge in [-0.25, -0.2) is 4.98 Å². The van der Waals surface area contributed by atoms with Crippen LogP contribution in [-0.2, 0) is 0 Å².